The molecule has 148 valence electrons. The largest absolute Gasteiger partial charge is 0.467 e. The van der Waals surface area contributed by atoms with Gasteiger partial charge in [0.05, 0.1) is 7.11 Å². The lowest BCUT2D eigenvalue weighted by molar-refractivity contribution is -0.146. The second kappa shape index (κ2) is 12.0. The molecule has 3 N–H and O–H groups in total. The molecule has 0 heterocycles. The Morgan fingerprint density at radius 2 is 1.58 bits per heavy atom. The molecule has 0 aliphatic carbocycles. The third kappa shape index (κ3) is 7.60. The van der Waals surface area contributed by atoms with Crippen LogP contribution in [0.1, 0.15) is 47.5 Å². The molecule has 10 heteroatoms. The minimum absolute atomic E-state index is 0.172. The van der Waals surface area contributed by atoms with Crippen molar-refractivity contribution < 1.29 is 19.1 Å². The van der Waals surface area contributed by atoms with E-state index in [9.17, 15) is 14.4 Å². The lowest BCUT2D eigenvalue weighted by Gasteiger charge is -2.27. The number of nitrogens with one attached hydrogen (secondary N) is 3. The molecule has 2 amide bonds. The average Bonchev–Trinajstić information content (AvgIpc) is 2.59. The molecule has 0 aromatic rings. The van der Waals surface area contributed by atoms with E-state index in [4.69, 9.17) is 10.3 Å². The number of hydrogen-bond acceptors (Lipinski definition) is 5. The first-order chi connectivity index (χ1) is 12.2. The number of carbonyl (C=O) groups excluding carboxylic acids is 3. The number of carbonyl (C=O) groups is 3. The van der Waals surface area contributed by atoms with Crippen LogP contribution in [-0.4, -0.2) is 43.0 Å². The fourth-order valence-corrected chi connectivity index (χ4v) is 2.30. The van der Waals surface area contributed by atoms with Crippen LogP contribution in [-0.2, 0) is 19.1 Å². The lowest BCUT2D eigenvalue weighted by Crippen LogP contribution is -2.57. The summed E-state index contributed by atoms with van der Waals surface area (Å²) in [6, 6.07) is -2.40. The highest BCUT2D eigenvalue weighted by molar-refractivity contribution is 5.92. The van der Waals surface area contributed by atoms with Crippen molar-refractivity contribution in [2.24, 2.45) is 17.1 Å². The maximum absolute atomic E-state index is 12.6. The predicted octanol–water partition coefficient (Wildman–Crippen LogP) is 1.42. The number of azide groups is 1. The molecule has 0 spiro atoms. The van der Waals surface area contributed by atoms with E-state index in [1.165, 1.54) is 7.11 Å². The van der Waals surface area contributed by atoms with E-state index in [2.05, 4.69) is 26.2 Å². The minimum Gasteiger partial charge on any atom is -0.467 e. The summed E-state index contributed by atoms with van der Waals surface area (Å²) in [7, 11) is 1.25. The van der Waals surface area contributed by atoms with E-state index in [1.807, 2.05) is 6.92 Å². The van der Waals surface area contributed by atoms with E-state index < -0.39 is 35.9 Å². The maximum Gasteiger partial charge on any atom is 0.328 e. The van der Waals surface area contributed by atoms with Crippen LogP contribution < -0.4 is 16.1 Å². The minimum atomic E-state index is -0.847. The van der Waals surface area contributed by atoms with E-state index in [0.29, 0.717) is 12.8 Å². The summed E-state index contributed by atoms with van der Waals surface area (Å²) >= 11 is 0. The Morgan fingerprint density at radius 1 is 1.04 bits per heavy atom. The van der Waals surface area contributed by atoms with Crippen LogP contribution >= 0.6 is 0 Å². The Bertz CT molecular complexity index is 531. The highest BCUT2D eigenvalue weighted by Crippen LogP contribution is 2.08. The monoisotopic (exact) mass is 370 g/mol. The molecular formula is C16H30N6O4. The van der Waals surface area contributed by atoms with Gasteiger partial charge in [0.1, 0.15) is 12.1 Å². The standard InChI is InChI=1S/C16H30N6O4/c1-7-8-11(20-22-21-17)14(23)18-12(9(2)3)15(24)19-13(10(4)5)16(25)26-6/h9-13,20H,7-8H2,1-6H3,(H,18,23)(H,19,24)/t11-,12-,13-/m0/s1. The van der Waals surface area contributed by atoms with Gasteiger partial charge in [-0.05, 0) is 23.5 Å². The molecule has 0 bridgehead atoms. The van der Waals surface area contributed by atoms with Gasteiger partial charge in [0.15, 0.2) is 6.04 Å². The number of ether oxygens (including phenoxy) is 1. The summed E-state index contributed by atoms with van der Waals surface area (Å²) in [6.07, 6.45) is 1.12. The first-order valence-corrected chi connectivity index (χ1v) is 8.67. The highest BCUT2D eigenvalue weighted by atomic mass is 16.5. The number of hydrogen-bond donors (Lipinski definition) is 3. The summed E-state index contributed by atoms with van der Waals surface area (Å²) in [5.41, 5.74) is 10.8. The van der Waals surface area contributed by atoms with Crippen molar-refractivity contribution >= 4 is 17.8 Å². The van der Waals surface area contributed by atoms with Crippen molar-refractivity contribution in [3.05, 3.63) is 10.4 Å². The molecule has 0 fully saturated rings. The summed E-state index contributed by atoms with van der Waals surface area (Å²) in [5, 5.41) is 8.52. The van der Waals surface area contributed by atoms with Crippen molar-refractivity contribution in [2.75, 3.05) is 7.11 Å². The predicted molar refractivity (Wildman–Crippen MR) is 96.5 cm³/mol. The molecule has 0 saturated carbocycles. The van der Waals surface area contributed by atoms with E-state index in [1.54, 1.807) is 27.7 Å². The van der Waals surface area contributed by atoms with Crippen LogP contribution in [0.15, 0.2) is 5.22 Å². The second-order valence-corrected chi connectivity index (χ2v) is 6.64. The average molecular weight is 370 g/mol. The Morgan fingerprint density at radius 3 is 2.00 bits per heavy atom. The van der Waals surface area contributed by atoms with E-state index in [0.717, 1.165) is 0 Å². The summed E-state index contributed by atoms with van der Waals surface area (Å²) in [5.74, 6) is -1.86. The molecule has 0 aromatic heterocycles. The lowest BCUT2D eigenvalue weighted by atomic mass is 9.99. The molecule has 0 aliphatic heterocycles. The van der Waals surface area contributed by atoms with Crippen LogP contribution in [0.3, 0.4) is 0 Å². The summed E-state index contributed by atoms with van der Waals surface area (Å²) in [4.78, 5) is 39.5. The second-order valence-electron chi connectivity index (χ2n) is 6.64. The fourth-order valence-electron chi connectivity index (χ4n) is 2.30. The van der Waals surface area contributed by atoms with Gasteiger partial charge < -0.3 is 15.4 Å². The summed E-state index contributed by atoms with van der Waals surface area (Å²) in [6.45, 7) is 9.01. The zero-order valence-electron chi connectivity index (χ0n) is 16.3. The molecule has 26 heavy (non-hydrogen) atoms. The number of rotatable bonds is 11. The van der Waals surface area contributed by atoms with Crippen LogP contribution in [0.25, 0.3) is 10.4 Å². The Hall–Kier alpha value is -2.48. The molecule has 0 radical (unpaired) electrons. The van der Waals surface area contributed by atoms with Gasteiger partial charge in [0.25, 0.3) is 5.91 Å². The molecule has 0 saturated heterocycles. The molecule has 0 aromatic carbocycles. The van der Waals surface area contributed by atoms with Gasteiger partial charge in [-0.3, -0.25) is 9.59 Å². The third-order valence-corrected chi connectivity index (χ3v) is 3.82. The zero-order chi connectivity index (χ0) is 20.3. The van der Waals surface area contributed by atoms with Crippen LogP contribution in [0.4, 0.5) is 0 Å². The van der Waals surface area contributed by atoms with Crippen LogP contribution in [0.5, 0.6) is 0 Å². The smallest absolute Gasteiger partial charge is 0.328 e. The van der Waals surface area contributed by atoms with Crippen LogP contribution in [0.2, 0.25) is 0 Å². The van der Waals surface area contributed by atoms with Crippen LogP contribution in [0, 0.1) is 11.8 Å². The van der Waals surface area contributed by atoms with Gasteiger partial charge in [0, 0.05) is 0 Å². The normalized spacial score (nSPS) is 14.0. The van der Waals surface area contributed by atoms with Gasteiger partial charge in [0.2, 0.25) is 5.91 Å². The van der Waals surface area contributed by atoms with Crippen molar-refractivity contribution in [3.8, 4) is 0 Å². The highest BCUT2D eigenvalue weighted by Gasteiger charge is 2.32. The van der Waals surface area contributed by atoms with Gasteiger partial charge in [-0.1, -0.05) is 41.0 Å². The van der Waals surface area contributed by atoms with Crippen molar-refractivity contribution in [2.45, 2.75) is 65.6 Å². The Kier molecular flexibility index (Phi) is 10.8. The quantitative estimate of drug-likeness (QED) is 0.165. The van der Waals surface area contributed by atoms with Crippen molar-refractivity contribution in [3.63, 3.8) is 0 Å². The Labute approximate surface area is 154 Å². The van der Waals surface area contributed by atoms with Gasteiger partial charge >= 0.3 is 5.97 Å². The van der Waals surface area contributed by atoms with Gasteiger partial charge in [-0.2, -0.15) is 4.91 Å². The zero-order valence-corrected chi connectivity index (χ0v) is 16.3. The Balaban J connectivity index is 5.20. The van der Waals surface area contributed by atoms with Crippen molar-refractivity contribution in [1.82, 2.24) is 16.1 Å². The van der Waals surface area contributed by atoms with Gasteiger partial charge in [-0.15, -0.1) is 5.53 Å². The molecule has 0 unspecified atom stereocenters. The number of methoxy groups -OCH3 is 1. The fraction of sp³-hybridized carbons (Fsp3) is 0.812. The SMILES string of the molecule is CCC[C@H](NN=[N+]=[N-])C(=O)N[C@H](C(=O)N[C@H](C(=O)OC)C(C)C)C(C)C. The number of amides is 2. The number of nitrogens with zero attached hydrogens (tertiary/aromatic N) is 3. The first-order valence-electron chi connectivity index (χ1n) is 8.67. The first kappa shape index (κ1) is 23.5. The molecular weight excluding hydrogens is 340 g/mol. The maximum atomic E-state index is 12.6. The van der Waals surface area contributed by atoms with E-state index >= 15 is 0 Å². The topological polar surface area (TPSA) is 145 Å². The third-order valence-electron chi connectivity index (χ3n) is 3.82. The number of esters is 1. The van der Waals surface area contributed by atoms with Crippen molar-refractivity contribution in [1.29, 1.82) is 0 Å². The molecule has 3 atom stereocenters. The summed E-state index contributed by atoms with van der Waals surface area (Å²) < 4.78 is 4.71. The molecule has 0 rings (SSSR count). The van der Waals surface area contributed by atoms with E-state index in [-0.39, 0.29) is 11.8 Å². The van der Waals surface area contributed by atoms with Gasteiger partial charge in [-0.25, -0.2) is 10.2 Å². The molecule has 0 aliphatic rings. The molecule has 10 nitrogen and oxygen atoms in total.